The summed E-state index contributed by atoms with van der Waals surface area (Å²) in [6, 6.07) is 5.43. The standard InChI is InChI=1S/C13H15ClO3/c1-17-11-3-2-10(14)8-9(11)4-5-13(6-7-13)12(15)16/h2-3,8H,4-7H2,1H3,(H,15,16). The Balaban J connectivity index is 2.08. The van der Waals surface area contributed by atoms with E-state index in [1.54, 1.807) is 13.2 Å². The number of carboxylic acid groups (broad SMARTS) is 1. The fourth-order valence-electron chi connectivity index (χ4n) is 2.04. The van der Waals surface area contributed by atoms with Crippen molar-refractivity contribution in [3.05, 3.63) is 28.8 Å². The van der Waals surface area contributed by atoms with E-state index in [9.17, 15) is 4.79 Å². The van der Waals surface area contributed by atoms with Crippen molar-refractivity contribution < 1.29 is 14.6 Å². The molecule has 1 saturated carbocycles. The summed E-state index contributed by atoms with van der Waals surface area (Å²) < 4.78 is 5.24. The van der Waals surface area contributed by atoms with E-state index in [0.29, 0.717) is 17.9 Å². The summed E-state index contributed by atoms with van der Waals surface area (Å²) in [6.45, 7) is 0. The molecule has 17 heavy (non-hydrogen) atoms. The molecule has 0 aromatic heterocycles. The topological polar surface area (TPSA) is 46.5 Å². The fourth-order valence-corrected chi connectivity index (χ4v) is 2.23. The third-order valence-corrected chi connectivity index (χ3v) is 3.66. The number of ether oxygens (including phenoxy) is 1. The molecule has 0 radical (unpaired) electrons. The van der Waals surface area contributed by atoms with Crippen molar-refractivity contribution in [2.45, 2.75) is 25.7 Å². The average Bonchev–Trinajstić information content (AvgIpc) is 3.07. The van der Waals surface area contributed by atoms with Crippen LogP contribution in [0.15, 0.2) is 18.2 Å². The van der Waals surface area contributed by atoms with Crippen LogP contribution in [-0.4, -0.2) is 18.2 Å². The van der Waals surface area contributed by atoms with E-state index in [-0.39, 0.29) is 0 Å². The highest BCUT2D eigenvalue weighted by Gasteiger charge is 2.49. The average molecular weight is 255 g/mol. The van der Waals surface area contributed by atoms with E-state index in [4.69, 9.17) is 21.4 Å². The lowest BCUT2D eigenvalue weighted by molar-refractivity contribution is -0.143. The Kier molecular flexibility index (Phi) is 3.29. The zero-order valence-electron chi connectivity index (χ0n) is 9.70. The number of benzene rings is 1. The van der Waals surface area contributed by atoms with Crippen molar-refractivity contribution in [2.24, 2.45) is 5.41 Å². The van der Waals surface area contributed by atoms with Crippen molar-refractivity contribution in [3.8, 4) is 5.75 Å². The monoisotopic (exact) mass is 254 g/mol. The lowest BCUT2D eigenvalue weighted by Gasteiger charge is -2.12. The number of methoxy groups -OCH3 is 1. The number of carboxylic acids is 1. The third kappa shape index (κ3) is 2.55. The summed E-state index contributed by atoms with van der Waals surface area (Å²) in [5, 5.41) is 9.76. The van der Waals surface area contributed by atoms with Gasteiger partial charge in [-0.2, -0.15) is 0 Å². The molecule has 0 atom stereocenters. The quantitative estimate of drug-likeness (QED) is 0.878. The van der Waals surface area contributed by atoms with Crippen LogP contribution in [-0.2, 0) is 11.2 Å². The summed E-state index contributed by atoms with van der Waals surface area (Å²) >= 11 is 5.93. The van der Waals surface area contributed by atoms with Crippen LogP contribution in [0.5, 0.6) is 5.75 Å². The van der Waals surface area contributed by atoms with E-state index in [0.717, 1.165) is 24.2 Å². The predicted octanol–water partition coefficient (Wildman–Crippen LogP) is 3.15. The minimum absolute atomic E-state index is 0.493. The van der Waals surface area contributed by atoms with Gasteiger partial charge in [0.1, 0.15) is 5.75 Å². The van der Waals surface area contributed by atoms with Gasteiger partial charge in [0.15, 0.2) is 0 Å². The first-order chi connectivity index (χ1) is 8.07. The molecule has 4 heteroatoms. The van der Waals surface area contributed by atoms with Gasteiger partial charge in [0, 0.05) is 5.02 Å². The molecule has 0 saturated heterocycles. The van der Waals surface area contributed by atoms with Crippen molar-refractivity contribution in [2.75, 3.05) is 7.11 Å². The van der Waals surface area contributed by atoms with Gasteiger partial charge in [0.25, 0.3) is 0 Å². The van der Waals surface area contributed by atoms with Gasteiger partial charge in [-0.3, -0.25) is 4.79 Å². The van der Waals surface area contributed by atoms with Crippen LogP contribution in [0.4, 0.5) is 0 Å². The maximum atomic E-state index is 11.1. The Morgan fingerprint density at radius 2 is 2.24 bits per heavy atom. The Hall–Kier alpha value is -1.22. The second-order valence-electron chi connectivity index (χ2n) is 4.54. The molecule has 1 fully saturated rings. The molecular weight excluding hydrogens is 240 g/mol. The zero-order valence-corrected chi connectivity index (χ0v) is 10.5. The highest BCUT2D eigenvalue weighted by Crippen LogP contribution is 2.50. The van der Waals surface area contributed by atoms with Crippen LogP contribution in [0.2, 0.25) is 5.02 Å². The molecule has 3 nitrogen and oxygen atoms in total. The first-order valence-corrected chi connectivity index (χ1v) is 6.01. The third-order valence-electron chi connectivity index (χ3n) is 3.42. The molecule has 1 N–H and O–H groups in total. The van der Waals surface area contributed by atoms with E-state index >= 15 is 0 Å². The molecule has 0 heterocycles. The summed E-state index contributed by atoms with van der Waals surface area (Å²) in [5.74, 6) is 0.0917. The van der Waals surface area contributed by atoms with Crippen LogP contribution in [0, 0.1) is 5.41 Å². The summed E-state index contributed by atoms with van der Waals surface area (Å²) in [7, 11) is 1.61. The number of hydrogen-bond donors (Lipinski definition) is 1. The van der Waals surface area contributed by atoms with Crippen molar-refractivity contribution in [3.63, 3.8) is 0 Å². The van der Waals surface area contributed by atoms with Crippen molar-refractivity contribution in [1.29, 1.82) is 0 Å². The van der Waals surface area contributed by atoms with E-state index < -0.39 is 11.4 Å². The molecule has 2 rings (SSSR count). The van der Waals surface area contributed by atoms with Gasteiger partial charge in [-0.15, -0.1) is 0 Å². The van der Waals surface area contributed by atoms with E-state index in [1.165, 1.54) is 0 Å². The minimum atomic E-state index is -0.682. The van der Waals surface area contributed by atoms with Crippen LogP contribution in [0.25, 0.3) is 0 Å². The largest absolute Gasteiger partial charge is 0.496 e. The first-order valence-electron chi connectivity index (χ1n) is 5.63. The lowest BCUT2D eigenvalue weighted by Crippen LogP contribution is -2.15. The molecule has 0 bridgehead atoms. The second kappa shape index (κ2) is 4.57. The number of aliphatic carboxylic acids is 1. The maximum Gasteiger partial charge on any atom is 0.309 e. The Labute approximate surface area is 105 Å². The minimum Gasteiger partial charge on any atom is -0.496 e. The van der Waals surface area contributed by atoms with Crippen LogP contribution in [0.1, 0.15) is 24.8 Å². The molecule has 92 valence electrons. The fraction of sp³-hybridized carbons (Fsp3) is 0.462. The Bertz CT molecular complexity index is 438. The predicted molar refractivity (Wildman–Crippen MR) is 65.6 cm³/mol. The van der Waals surface area contributed by atoms with Gasteiger partial charge in [0.05, 0.1) is 12.5 Å². The second-order valence-corrected chi connectivity index (χ2v) is 4.98. The van der Waals surface area contributed by atoms with Gasteiger partial charge in [0.2, 0.25) is 0 Å². The molecule has 0 amide bonds. The van der Waals surface area contributed by atoms with Gasteiger partial charge >= 0.3 is 5.97 Å². The molecule has 1 aliphatic rings. The van der Waals surface area contributed by atoms with Crippen molar-refractivity contribution in [1.82, 2.24) is 0 Å². The number of hydrogen-bond acceptors (Lipinski definition) is 2. The van der Waals surface area contributed by atoms with E-state index in [1.807, 2.05) is 12.1 Å². The molecule has 1 aliphatic carbocycles. The summed E-state index contributed by atoms with van der Waals surface area (Å²) in [4.78, 5) is 11.1. The lowest BCUT2D eigenvalue weighted by atomic mass is 9.96. The molecular formula is C13H15ClO3. The highest BCUT2D eigenvalue weighted by molar-refractivity contribution is 6.30. The van der Waals surface area contributed by atoms with Gasteiger partial charge in [-0.05, 0) is 49.4 Å². The number of halogens is 1. The van der Waals surface area contributed by atoms with Crippen LogP contribution in [0.3, 0.4) is 0 Å². The first kappa shape index (κ1) is 12.2. The van der Waals surface area contributed by atoms with Crippen molar-refractivity contribution >= 4 is 17.6 Å². The normalized spacial score (nSPS) is 16.6. The Morgan fingerprint density at radius 3 is 2.76 bits per heavy atom. The molecule has 0 aliphatic heterocycles. The number of rotatable bonds is 5. The van der Waals surface area contributed by atoms with E-state index in [2.05, 4.69) is 0 Å². The summed E-state index contributed by atoms with van der Waals surface area (Å²) in [5.41, 5.74) is 0.486. The van der Waals surface area contributed by atoms with Gasteiger partial charge < -0.3 is 9.84 Å². The smallest absolute Gasteiger partial charge is 0.309 e. The van der Waals surface area contributed by atoms with Crippen LogP contribution < -0.4 is 4.74 Å². The SMILES string of the molecule is COc1ccc(Cl)cc1CCC1(C(=O)O)CC1. The number of carbonyl (C=O) groups is 1. The highest BCUT2D eigenvalue weighted by atomic mass is 35.5. The zero-order chi connectivity index (χ0) is 12.5. The summed E-state index contributed by atoms with van der Waals surface area (Å²) in [6.07, 6.45) is 2.91. The number of aryl methyl sites for hydroxylation is 1. The molecule has 1 aromatic carbocycles. The van der Waals surface area contributed by atoms with Crippen LogP contribution >= 0.6 is 11.6 Å². The molecule has 0 unspecified atom stereocenters. The molecule has 1 aromatic rings. The molecule has 0 spiro atoms. The van der Waals surface area contributed by atoms with Gasteiger partial charge in [-0.25, -0.2) is 0 Å². The Morgan fingerprint density at radius 1 is 1.53 bits per heavy atom. The van der Waals surface area contributed by atoms with Gasteiger partial charge in [-0.1, -0.05) is 11.6 Å². The maximum absolute atomic E-state index is 11.1.